The van der Waals surface area contributed by atoms with Gasteiger partial charge in [-0.25, -0.2) is 4.79 Å². The van der Waals surface area contributed by atoms with Crippen LogP contribution in [0.2, 0.25) is 0 Å². The van der Waals surface area contributed by atoms with E-state index in [1.807, 2.05) is 13.8 Å². The first-order chi connectivity index (χ1) is 12.5. The van der Waals surface area contributed by atoms with E-state index in [4.69, 9.17) is 14.2 Å². The molecule has 3 aliphatic rings. The van der Waals surface area contributed by atoms with Crippen LogP contribution in [0.5, 0.6) is 0 Å². The number of allylic oxidation sites excluding steroid dienone is 1. The first kappa shape index (κ1) is 19.4. The highest BCUT2D eigenvalue weighted by atomic mass is 16.6. The zero-order chi connectivity index (χ0) is 20.1. The molecule has 0 aliphatic carbocycles. The maximum atomic E-state index is 12.5. The molecule has 5 atom stereocenters. The zero-order valence-electron chi connectivity index (χ0n) is 15.9. The minimum Gasteiger partial charge on any atom is -0.476 e. The molecule has 5 unspecified atom stereocenters. The topological polar surface area (TPSA) is 99.1 Å². The molecule has 0 amide bonds. The van der Waals surface area contributed by atoms with E-state index in [-0.39, 0.29) is 17.9 Å². The summed E-state index contributed by atoms with van der Waals surface area (Å²) in [7, 11) is 0. The van der Waals surface area contributed by atoms with Gasteiger partial charge in [0.25, 0.3) is 0 Å². The van der Waals surface area contributed by atoms with Crippen LogP contribution < -0.4 is 0 Å². The molecular formula is C20H24O7. The van der Waals surface area contributed by atoms with Crippen molar-refractivity contribution in [3.8, 4) is 0 Å². The molecule has 3 heterocycles. The predicted molar refractivity (Wildman–Crippen MR) is 94.2 cm³/mol. The van der Waals surface area contributed by atoms with Crippen LogP contribution in [-0.2, 0) is 28.6 Å². The van der Waals surface area contributed by atoms with Crippen LogP contribution in [0, 0.1) is 11.8 Å². The number of ether oxygens (including phenoxy) is 3. The van der Waals surface area contributed by atoms with Crippen molar-refractivity contribution in [1.29, 1.82) is 0 Å². The third-order valence-electron chi connectivity index (χ3n) is 5.21. The van der Waals surface area contributed by atoms with Crippen molar-refractivity contribution in [2.75, 3.05) is 0 Å². The monoisotopic (exact) mass is 376 g/mol. The normalized spacial score (nSPS) is 37.3. The highest BCUT2D eigenvalue weighted by Gasteiger charge is 2.57. The zero-order valence-corrected chi connectivity index (χ0v) is 15.9. The summed E-state index contributed by atoms with van der Waals surface area (Å²) in [6.45, 7) is 10.6. The highest BCUT2D eigenvalue weighted by Crippen LogP contribution is 2.42. The van der Waals surface area contributed by atoms with Crippen molar-refractivity contribution in [2.24, 2.45) is 11.8 Å². The molecule has 27 heavy (non-hydrogen) atoms. The van der Waals surface area contributed by atoms with Gasteiger partial charge in [0.1, 0.15) is 24.1 Å². The van der Waals surface area contributed by atoms with Gasteiger partial charge < -0.3 is 19.3 Å². The van der Waals surface area contributed by atoms with Crippen molar-refractivity contribution in [2.45, 2.75) is 58.0 Å². The summed E-state index contributed by atoms with van der Waals surface area (Å²) in [5, 5.41) is 11.0. The van der Waals surface area contributed by atoms with Gasteiger partial charge in [-0.15, -0.1) is 0 Å². The highest BCUT2D eigenvalue weighted by molar-refractivity contribution is 6.00. The fraction of sp³-hybridized carbons (Fsp3) is 0.550. The Labute approximate surface area is 157 Å². The Balaban J connectivity index is 2.07. The van der Waals surface area contributed by atoms with Crippen molar-refractivity contribution >= 4 is 17.7 Å². The number of aliphatic hydroxyl groups is 1. The largest absolute Gasteiger partial charge is 0.476 e. The summed E-state index contributed by atoms with van der Waals surface area (Å²) in [6.07, 6.45) is -0.442. The second-order valence-electron chi connectivity index (χ2n) is 7.85. The van der Waals surface area contributed by atoms with Gasteiger partial charge in [-0.3, -0.25) is 9.59 Å². The fourth-order valence-electron chi connectivity index (χ4n) is 3.61. The molecule has 1 saturated heterocycles. The molecule has 3 aliphatic heterocycles. The molecule has 0 aromatic rings. The second-order valence-corrected chi connectivity index (χ2v) is 7.85. The van der Waals surface area contributed by atoms with E-state index in [0.29, 0.717) is 11.3 Å². The van der Waals surface area contributed by atoms with E-state index in [1.54, 1.807) is 13.0 Å². The molecule has 7 nitrogen and oxygen atoms in total. The summed E-state index contributed by atoms with van der Waals surface area (Å²) in [5.74, 6) is -2.07. The molecule has 146 valence electrons. The molecule has 3 rings (SSSR count). The number of aliphatic hydroxyl groups excluding tert-OH is 1. The van der Waals surface area contributed by atoms with E-state index in [0.717, 1.165) is 0 Å². The molecule has 0 aromatic carbocycles. The fourth-order valence-corrected chi connectivity index (χ4v) is 3.61. The van der Waals surface area contributed by atoms with E-state index in [2.05, 4.69) is 6.58 Å². The number of carbonyl (C=O) groups excluding carboxylic acids is 3. The predicted octanol–water partition coefficient (Wildman–Crippen LogP) is 1.60. The lowest BCUT2D eigenvalue weighted by atomic mass is 9.80. The van der Waals surface area contributed by atoms with Crippen LogP contribution in [-0.4, -0.2) is 46.7 Å². The Morgan fingerprint density at radius 2 is 2.07 bits per heavy atom. The van der Waals surface area contributed by atoms with Crippen molar-refractivity contribution < 1.29 is 33.7 Å². The molecule has 1 N–H and O–H groups in total. The van der Waals surface area contributed by atoms with Crippen LogP contribution in [0.25, 0.3) is 0 Å². The third-order valence-corrected chi connectivity index (χ3v) is 5.21. The summed E-state index contributed by atoms with van der Waals surface area (Å²) < 4.78 is 16.7. The van der Waals surface area contributed by atoms with Gasteiger partial charge in [-0.2, -0.15) is 0 Å². The van der Waals surface area contributed by atoms with Crippen LogP contribution in [0.15, 0.2) is 35.6 Å². The Morgan fingerprint density at radius 1 is 1.41 bits per heavy atom. The van der Waals surface area contributed by atoms with Gasteiger partial charge in [0.2, 0.25) is 5.78 Å². The lowest BCUT2D eigenvalue weighted by Crippen LogP contribution is -2.55. The molecular weight excluding hydrogens is 352 g/mol. The number of carbonyl (C=O) groups is 3. The number of rotatable bonds is 3. The summed E-state index contributed by atoms with van der Waals surface area (Å²) >= 11 is 0. The van der Waals surface area contributed by atoms with Gasteiger partial charge in [0.15, 0.2) is 5.60 Å². The van der Waals surface area contributed by atoms with Crippen LogP contribution in [0.3, 0.4) is 0 Å². The van der Waals surface area contributed by atoms with Gasteiger partial charge in [-0.1, -0.05) is 20.4 Å². The lowest BCUT2D eigenvalue weighted by molar-refractivity contribution is -0.179. The van der Waals surface area contributed by atoms with Crippen molar-refractivity contribution in [3.05, 3.63) is 35.6 Å². The molecule has 7 heteroatoms. The average molecular weight is 376 g/mol. The van der Waals surface area contributed by atoms with Crippen molar-refractivity contribution in [3.63, 3.8) is 0 Å². The first-order valence-corrected chi connectivity index (χ1v) is 8.96. The number of hydrogen-bond donors (Lipinski definition) is 1. The van der Waals surface area contributed by atoms with E-state index < -0.39 is 47.6 Å². The van der Waals surface area contributed by atoms with E-state index in [9.17, 15) is 19.5 Å². The second kappa shape index (κ2) is 6.64. The maximum Gasteiger partial charge on any atom is 0.334 e. The minimum atomic E-state index is -1.63. The minimum absolute atomic E-state index is 0.0433. The molecule has 0 spiro atoms. The number of hydrogen-bond acceptors (Lipinski definition) is 7. The molecule has 2 bridgehead atoms. The first-order valence-electron chi connectivity index (χ1n) is 8.96. The van der Waals surface area contributed by atoms with Crippen LogP contribution in [0.1, 0.15) is 34.1 Å². The number of esters is 2. The van der Waals surface area contributed by atoms with Gasteiger partial charge in [-0.05, 0) is 31.4 Å². The Morgan fingerprint density at radius 3 is 2.70 bits per heavy atom. The summed E-state index contributed by atoms with van der Waals surface area (Å²) in [4.78, 5) is 37.0. The molecule has 0 aromatic heterocycles. The van der Waals surface area contributed by atoms with Crippen molar-refractivity contribution in [1.82, 2.24) is 0 Å². The summed E-state index contributed by atoms with van der Waals surface area (Å²) in [6, 6.07) is 0. The van der Waals surface area contributed by atoms with E-state index >= 15 is 0 Å². The Bertz CT molecular complexity index is 775. The maximum absolute atomic E-state index is 12.5. The Kier molecular flexibility index (Phi) is 4.76. The SMILES string of the molecule is C=C1C(=O)OC2/C=C(\C)C3=CC(=O)C(C)(O3)C(O)C(OC(=O)CC(C)C)C12. The Hall–Kier alpha value is -2.41. The van der Waals surface area contributed by atoms with Gasteiger partial charge in [0.05, 0.1) is 5.92 Å². The average Bonchev–Trinajstić information content (AvgIpc) is 3.02. The standard InChI is InChI=1S/C20H24O7/c1-9(2)6-15(22)26-17-16-11(4)19(24)25-13(16)7-10(3)12-8-14(21)20(5,27-12)18(17)23/h7-9,13,16-18,23H,4,6H2,1-3,5H3/b10-7+. The smallest absolute Gasteiger partial charge is 0.334 e. The van der Waals surface area contributed by atoms with E-state index in [1.165, 1.54) is 13.0 Å². The third kappa shape index (κ3) is 3.20. The quantitative estimate of drug-likeness (QED) is 0.590. The van der Waals surface area contributed by atoms with Gasteiger partial charge in [0, 0.05) is 18.1 Å². The van der Waals surface area contributed by atoms with Crippen LogP contribution in [0.4, 0.5) is 0 Å². The number of ketones is 1. The number of fused-ring (bicyclic) bond motifs is 3. The molecule has 1 fully saturated rings. The molecule has 0 saturated carbocycles. The summed E-state index contributed by atoms with van der Waals surface area (Å²) in [5.41, 5.74) is -0.951. The molecule has 0 radical (unpaired) electrons. The van der Waals surface area contributed by atoms with Crippen LogP contribution >= 0.6 is 0 Å². The van der Waals surface area contributed by atoms with Gasteiger partial charge >= 0.3 is 11.9 Å². The lowest BCUT2D eigenvalue weighted by Gasteiger charge is -2.36.